The fraction of sp³-hybridized carbons (Fsp3) is 0.973. The number of nitrogens with zero attached hydrogens (tertiary/aromatic N) is 3. The van der Waals surface area contributed by atoms with Gasteiger partial charge in [-0.15, -0.1) is 0 Å². The van der Waals surface area contributed by atoms with Crippen LogP contribution >= 0.6 is 0 Å². The zero-order valence-electron chi connectivity index (χ0n) is 26.5. The Balaban J connectivity index is 1.52. The molecule has 0 aromatic heterocycles. The molecule has 0 bridgehead atoms. The molecule has 0 heterocycles. The molecule has 0 aromatic carbocycles. The highest BCUT2D eigenvalue weighted by atomic mass is 15.5. The van der Waals surface area contributed by atoms with Crippen molar-refractivity contribution >= 4 is 5.96 Å². The van der Waals surface area contributed by atoms with Crippen LogP contribution in [0.5, 0.6) is 0 Å². The zero-order valence-corrected chi connectivity index (χ0v) is 26.5. The van der Waals surface area contributed by atoms with Crippen LogP contribution in [0.15, 0.2) is 0 Å². The fourth-order valence-electron chi connectivity index (χ4n) is 10.4. The van der Waals surface area contributed by atoms with Crippen LogP contribution in [-0.2, 0) is 0 Å². The van der Waals surface area contributed by atoms with Crippen molar-refractivity contribution in [3.05, 3.63) is 0 Å². The molecule has 0 unspecified atom stereocenters. The third-order valence-corrected chi connectivity index (χ3v) is 12.5. The van der Waals surface area contributed by atoms with Gasteiger partial charge in [0.1, 0.15) is 0 Å². The Morgan fingerprint density at radius 1 is 0.300 bits per heavy atom. The molecule has 0 radical (unpaired) electrons. The van der Waals surface area contributed by atoms with Gasteiger partial charge in [-0.2, -0.15) is 0 Å². The molecule has 6 fully saturated rings. The molecular formula is C37H66N3+. The van der Waals surface area contributed by atoms with Gasteiger partial charge >= 0.3 is 5.96 Å². The predicted molar refractivity (Wildman–Crippen MR) is 170 cm³/mol. The lowest BCUT2D eigenvalue weighted by atomic mass is 9.86. The standard InChI is InChI=1S/C37H66N3/c1-7-19-31(20-8-1)38(32-21-9-2-10-22-32)37(39(33-23-11-3-12-24-33)34-25-13-4-14-26-34)40(35-27-15-5-16-28-35)36-29-17-6-18-30-36/h31-36H,1-30H2/q+1. The summed E-state index contributed by atoms with van der Waals surface area (Å²) >= 11 is 0. The maximum absolute atomic E-state index is 3.28. The van der Waals surface area contributed by atoms with E-state index in [1.807, 2.05) is 5.96 Å². The largest absolute Gasteiger partial charge is 0.351 e. The van der Waals surface area contributed by atoms with Gasteiger partial charge in [0, 0.05) is 0 Å². The Labute approximate surface area is 248 Å². The van der Waals surface area contributed by atoms with Gasteiger partial charge in [0.25, 0.3) is 0 Å². The number of hydrogen-bond acceptors (Lipinski definition) is 0. The third kappa shape index (κ3) is 7.07. The molecule has 0 N–H and O–H groups in total. The van der Waals surface area contributed by atoms with Crippen LogP contribution in [0.2, 0.25) is 0 Å². The molecule has 6 aliphatic carbocycles. The highest BCUT2D eigenvalue weighted by Gasteiger charge is 2.48. The van der Waals surface area contributed by atoms with Crippen molar-refractivity contribution < 1.29 is 4.58 Å². The van der Waals surface area contributed by atoms with E-state index < -0.39 is 0 Å². The van der Waals surface area contributed by atoms with Crippen molar-refractivity contribution in [2.75, 3.05) is 0 Å². The Hall–Kier alpha value is -0.730. The van der Waals surface area contributed by atoms with E-state index in [0.29, 0.717) is 0 Å². The quantitative estimate of drug-likeness (QED) is 0.184. The number of hydrogen-bond donors (Lipinski definition) is 0. The van der Waals surface area contributed by atoms with E-state index in [2.05, 4.69) is 14.4 Å². The highest BCUT2D eigenvalue weighted by molar-refractivity contribution is 5.77. The topological polar surface area (TPSA) is 9.49 Å². The summed E-state index contributed by atoms with van der Waals surface area (Å²) in [5.41, 5.74) is 0. The lowest BCUT2D eigenvalue weighted by Crippen LogP contribution is -2.65. The normalized spacial score (nSPS) is 27.9. The first-order chi connectivity index (χ1) is 19.9. The van der Waals surface area contributed by atoms with Gasteiger partial charge in [-0.1, -0.05) is 116 Å². The molecule has 6 aliphatic rings. The van der Waals surface area contributed by atoms with Crippen LogP contribution in [0.4, 0.5) is 0 Å². The summed E-state index contributed by atoms with van der Waals surface area (Å²) in [6, 6.07) is 4.81. The molecule has 3 heteroatoms. The molecule has 6 saturated carbocycles. The van der Waals surface area contributed by atoms with E-state index in [1.165, 1.54) is 193 Å². The fourth-order valence-corrected chi connectivity index (χ4v) is 10.4. The van der Waals surface area contributed by atoms with Crippen LogP contribution in [0.25, 0.3) is 0 Å². The van der Waals surface area contributed by atoms with Crippen LogP contribution in [0.3, 0.4) is 0 Å². The summed E-state index contributed by atoms with van der Waals surface area (Å²) in [5, 5.41) is 0. The van der Waals surface area contributed by atoms with Gasteiger partial charge in [0.05, 0.1) is 36.3 Å². The summed E-state index contributed by atoms with van der Waals surface area (Å²) in [6.07, 6.45) is 44.1. The SMILES string of the molecule is C1CCC(N(C(N(C2CCCCC2)C2CCCCC2)=[N+](C2CCCCC2)C2CCCCC2)C2CCCCC2)CC1. The smallest absolute Gasteiger partial charge is 0.259 e. The van der Waals surface area contributed by atoms with E-state index in [4.69, 9.17) is 0 Å². The molecule has 6 rings (SSSR count). The average Bonchev–Trinajstić information content (AvgIpc) is 3.04. The van der Waals surface area contributed by atoms with E-state index in [1.54, 1.807) is 0 Å². The lowest BCUT2D eigenvalue weighted by Gasteiger charge is -2.49. The Morgan fingerprint density at radius 2 is 0.525 bits per heavy atom. The third-order valence-electron chi connectivity index (χ3n) is 12.5. The van der Waals surface area contributed by atoms with Crippen molar-refractivity contribution in [3.8, 4) is 0 Å². The lowest BCUT2D eigenvalue weighted by molar-refractivity contribution is -0.617. The molecule has 40 heavy (non-hydrogen) atoms. The molecule has 228 valence electrons. The number of rotatable bonds is 6. The first-order valence-electron chi connectivity index (χ1n) is 19.1. The van der Waals surface area contributed by atoms with Gasteiger partial charge < -0.3 is 0 Å². The van der Waals surface area contributed by atoms with Crippen LogP contribution < -0.4 is 0 Å². The predicted octanol–water partition coefficient (Wildman–Crippen LogP) is 9.96. The minimum absolute atomic E-state index is 0.802. The molecule has 0 amide bonds. The van der Waals surface area contributed by atoms with Crippen molar-refractivity contribution in [3.63, 3.8) is 0 Å². The van der Waals surface area contributed by atoms with Crippen molar-refractivity contribution in [1.29, 1.82) is 0 Å². The molecule has 0 saturated heterocycles. The van der Waals surface area contributed by atoms with Crippen LogP contribution in [-0.4, -0.2) is 56.6 Å². The molecule has 0 spiro atoms. The molecule has 3 nitrogen and oxygen atoms in total. The van der Waals surface area contributed by atoms with E-state index in [-0.39, 0.29) is 0 Å². The minimum atomic E-state index is 0.802. The second kappa shape index (κ2) is 15.1. The van der Waals surface area contributed by atoms with Gasteiger partial charge in [0.15, 0.2) is 0 Å². The van der Waals surface area contributed by atoms with E-state index in [0.717, 1.165) is 36.3 Å². The van der Waals surface area contributed by atoms with Crippen molar-refractivity contribution in [2.24, 2.45) is 0 Å². The monoisotopic (exact) mass is 553 g/mol. The van der Waals surface area contributed by atoms with Crippen molar-refractivity contribution in [1.82, 2.24) is 9.80 Å². The summed E-state index contributed by atoms with van der Waals surface area (Å²) in [5.74, 6) is 1.87. The number of guanidine groups is 1. The summed E-state index contributed by atoms with van der Waals surface area (Å²) < 4.78 is 3.28. The Morgan fingerprint density at radius 3 is 0.775 bits per heavy atom. The molecule has 0 atom stereocenters. The maximum Gasteiger partial charge on any atom is 0.351 e. The first kappa shape index (κ1) is 29.3. The summed E-state index contributed by atoms with van der Waals surface area (Å²) in [4.78, 5) is 6.56. The Kier molecular flexibility index (Phi) is 11.1. The van der Waals surface area contributed by atoms with E-state index >= 15 is 0 Å². The molecule has 0 aromatic rings. The van der Waals surface area contributed by atoms with E-state index in [9.17, 15) is 0 Å². The van der Waals surface area contributed by atoms with Crippen LogP contribution in [0.1, 0.15) is 193 Å². The van der Waals surface area contributed by atoms with Gasteiger partial charge in [0.2, 0.25) is 0 Å². The first-order valence-corrected chi connectivity index (χ1v) is 19.1. The summed E-state index contributed by atoms with van der Waals surface area (Å²) in [7, 11) is 0. The van der Waals surface area contributed by atoms with Gasteiger partial charge in [-0.3, -0.25) is 14.4 Å². The van der Waals surface area contributed by atoms with Crippen molar-refractivity contribution in [2.45, 2.75) is 229 Å². The second-order valence-corrected chi connectivity index (χ2v) is 15.3. The molecular weight excluding hydrogens is 486 g/mol. The van der Waals surface area contributed by atoms with Gasteiger partial charge in [-0.05, 0) is 77.0 Å². The second-order valence-electron chi connectivity index (χ2n) is 15.3. The summed E-state index contributed by atoms with van der Waals surface area (Å²) in [6.45, 7) is 0. The van der Waals surface area contributed by atoms with Gasteiger partial charge in [-0.25, -0.2) is 0 Å². The average molecular weight is 553 g/mol. The highest BCUT2D eigenvalue weighted by Crippen LogP contribution is 2.38. The zero-order chi connectivity index (χ0) is 27.0. The van der Waals surface area contributed by atoms with Crippen LogP contribution in [0, 0.1) is 0 Å². The molecule has 0 aliphatic heterocycles. The minimum Gasteiger partial charge on any atom is -0.259 e. The maximum atomic E-state index is 3.28. The Bertz CT molecular complexity index is 656.